The van der Waals surface area contributed by atoms with E-state index in [4.69, 9.17) is 0 Å². The molecule has 0 bridgehead atoms. The molecule has 8 heteroatoms. The Labute approximate surface area is 144 Å². The van der Waals surface area contributed by atoms with E-state index in [1.165, 1.54) is 18.0 Å². The molecule has 8 nitrogen and oxygen atoms in total. The van der Waals surface area contributed by atoms with Crippen LogP contribution in [0.1, 0.15) is 33.7 Å². The Balaban J connectivity index is 1.63. The lowest BCUT2D eigenvalue weighted by Crippen LogP contribution is -2.29. The smallest absolute Gasteiger partial charge is 0.256 e. The summed E-state index contributed by atoms with van der Waals surface area (Å²) < 4.78 is 3.43. The van der Waals surface area contributed by atoms with Crippen LogP contribution in [0.5, 0.6) is 0 Å². The van der Waals surface area contributed by atoms with Crippen molar-refractivity contribution in [2.45, 2.75) is 26.7 Å². The lowest BCUT2D eigenvalue weighted by molar-refractivity contribution is 0.0952. The third-order valence-electron chi connectivity index (χ3n) is 4.57. The maximum Gasteiger partial charge on any atom is 0.256 e. The third-order valence-corrected chi connectivity index (χ3v) is 4.57. The van der Waals surface area contributed by atoms with Crippen LogP contribution in [0.25, 0.3) is 11.0 Å². The molecular weight excluding hydrogens is 320 g/mol. The van der Waals surface area contributed by atoms with Crippen LogP contribution in [0.15, 0.2) is 17.2 Å². The van der Waals surface area contributed by atoms with Crippen molar-refractivity contribution in [3.05, 3.63) is 45.1 Å². The number of carbonyl (C=O) groups is 1. The van der Waals surface area contributed by atoms with Crippen LogP contribution in [0, 0.1) is 13.8 Å². The molecule has 1 amide bonds. The SMILES string of the molecule is Cc1nn(C)c(C)c1CCCNC(=O)c1c[nH]c2c(cnn2C)c1=O. The van der Waals surface area contributed by atoms with Crippen LogP contribution < -0.4 is 10.7 Å². The number of amides is 1. The van der Waals surface area contributed by atoms with Gasteiger partial charge in [0, 0.05) is 32.5 Å². The molecule has 0 unspecified atom stereocenters. The van der Waals surface area contributed by atoms with Crippen molar-refractivity contribution in [1.82, 2.24) is 29.9 Å². The molecule has 0 radical (unpaired) electrons. The van der Waals surface area contributed by atoms with E-state index in [1.807, 2.05) is 25.6 Å². The predicted octanol–water partition coefficient (Wildman–Crippen LogP) is 0.975. The number of aromatic amines is 1. The number of fused-ring (bicyclic) bond motifs is 1. The zero-order valence-electron chi connectivity index (χ0n) is 14.9. The topological polar surface area (TPSA) is 97.6 Å². The highest BCUT2D eigenvalue weighted by Gasteiger charge is 2.15. The number of nitrogens with zero attached hydrogens (tertiary/aromatic N) is 4. The van der Waals surface area contributed by atoms with Gasteiger partial charge in [-0.1, -0.05) is 0 Å². The van der Waals surface area contributed by atoms with Crippen molar-refractivity contribution in [2.75, 3.05) is 6.54 Å². The maximum atomic E-state index is 12.4. The lowest BCUT2D eigenvalue weighted by Gasteiger charge is -2.06. The molecule has 0 saturated carbocycles. The van der Waals surface area contributed by atoms with Gasteiger partial charge in [-0.05, 0) is 32.3 Å². The predicted molar refractivity (Wildman–Crippen MR) is 94.7 cm³/mol. The van der Waals surface area contributed by atoms with E-state index in [9.17, 15) is 9.59 Å². The summed E-state index contributed by atoms with van der Waals surface area (Å²) in [6.45, 7) is 4.53. The fourth-order valence-electron chi connectivity index (χ4n) is 3.04. The van der Waals surface area contributed by atoms with Crippen molar-refractivity contribution in [1.29, 1.82) is 0 Å². The van der Waals surface area contributed by atoms with Gasteiger partial charge in [0.1, 0.15) is 11.2 Å². The average Bonchev–Trinajstić information content (AvgIpc) is 3.06. The second-order valence-electron chi connectivity index (χ2n) is 6.19. The minimum Gasteiger partial charge on any atom is -0.352 e. The first-order valence-electron chi connectivity index (χ1n) is 8.20. The molecule has 0 aliphatic heterocycles. The molecule has 0 atom stereocenters. The molecule has 0 aliphatic rings. The number of carbonyl (C=O) groups excluding carboxylic acids is 1. The maximum absolute atomic E-state index is 12.4. The van der Waals surface area contributed by atoms with Crippen molar-refractivity contribution in [3.63, 3.8) is 0 Å². The normalized spacial score (nSPS) is 11.2. The third kappa shape index (κ3) is 3.07. The van der Waals surface area contributed by atoms with Gasteiger partial charge in [-0.2, -0.15) is 10.2 Å². The fourth-order valence-corrected chi connectivity index (χ4v) is 3.04. The summed E-state index contributed by atoms with van der Waals surface area (Å²) in [7, 11) is 3.66. The van der Waals surface area contributed by atoms with Gasteiger partial charge in [0.25, 0.3) is 5.91 Å². The zero-order valence-corrected chi connectivity index (χ0v) is 14.9. The Bertz CT molecular complexity index is 995. The molecule has 0 fully saturated rings. The first-order valence-corrected chi connectivity index (χ1v) is 8.20. The highest BCUT2D eigenvalue weighted by molar-refractivity contribution is 5.96. The first kappa shape index (κ1) is 16.9. The second kappa shape index (κ2) is 6.54. The first-order chi connectivity index (χ1) is 11.9. The van der Waals surface area contributed by atoms with Gasteiger partial charge in [0.15, 0.2) is 0 Å². The summed E-state index contributed by atoms with van der Waals surface area (Å²) in [4.78, 5) is 27.6. The van der Waals surface area contributed by atoms with E-state index in [1.54, 1.807) is 11.7 Å². The van der Waals surface area contributed by atoms with Gasteiger partial charge in [-0.3, -0.25) is 19.0 Å². The number of hydrogen-bond acceptors (Lipinski definition) is 4. The summed E-state index contributed by atoms with van der Waals surface area (Å²) in [5, 5.41) is 11.6. The summed E-state index contributed by atoms with van der Waals surface area (Å²) in [6, 6.07) is 0. The van der Waals surface area contributed by atoms with Crippen LogP contribution in [-0.2, 0) is 20.5 Å². The largest absolute Gasteiger partial charge is 0.352 e. The van der Waals surface area contributed by atoms with E-state index in [2.05, 4.69) is 20.5 Å². The van der Waals surface area contributed by atoms with Crippen LogP contribution in [-0.4, -0.2) is 37.0 Å². The van der Waals surface area contributed by atoms with Crippen molar-refractivity contribution in [3.8, 4) is 0 Å². The Morgan fingerprint density at radius 1 is 1.28 bits per heavy atom. The van der Waals surface area contributed by atoms with E-state index < -0.39 is 0 Å². The molecule has 3 rings (SSSR count). The van der Waals surface area contributed by atoms with Crippen LogP contribution in [0.4, 0.5) is 0 Å². The molecule has 2 N–H and O–H groups in total. The number of hydrogen-bond donors (Lipinski definition) is 2. The van der Waals surface area contributed by atoms with Gasteiger partial charge in [-0.15, -0.1) is 0 Å². The van der Waals surface area contributed by atoms with Gasteiger partial charge in [-0.25, -0.2) is 0 Å². The molecule has 3 aromatic heterocycles. The monoisotopic (exact) mass is 342 g/mol. The molecule has 3 heterocycles. The minimum absolute atomic E-state index is 0.106. The highest BCUT2D eigenvalue weighted by Crippen LogP contribution is 2.13. The number of aromatic nitrogens is 5. The summed E-state index contributed by atoms with van der Waals surface area (Å²) in [5.41, 5.74) is 3.77. The molecule has 25 heavy (non-hydrogen) atoms. The average molecular weight is 342 g/mol. The van der Waals surface area contributed by atoms with Crippen LogP contribution in [0.3, 0.4) is 0 Å². The Kier molecular flexibility index (Phi) is 4.43. The van der Waals surface area contributed by atoms with Crippen molar-refractivity contribution in [2.24, 2.45) is 14.1 Å². The minimum atomic E-state index is -0.369. The Morgan fingerprint density at radius 3 is 2.72 bits per heavy atom. The summed E-state index contributed by atoms with van der Waals surface area (Å²) >= 11 is 0. The molecule has 0 spiro atoms. The highest BCUT2D eigenvalue weighted by atomic mass is 16.2. The van der Waals surface area contributed by atoms with E-state index >= 15 is 0 Å². The van der Waals surface area contributed by atoms with Crippen LogP contribution in [0.2, 0.25) is 0 Å². The number of pyridine rings is 1. The molecular formula is C17H22N6O2. The quantitative estimate of drug-likeness (QED) is 0.675. The van der Waals surface area contributed by atoms with Crippen molar-refractivity contribution < 1.29 is 4.79 Å². The Morgan fingerprint density at radius 2 is 2.04 bits per heavy atom. The second-order valence-corrected chi connectivity index (χ2v) is 6.19. The molecule has 0 saturated heterocycles. The number of aryl methyl sites for hydroxylation is 3. The molecule has 132 valence electrons. The van der Waals surface area contributed by atoms with Crippen LogP contribution >= 0.6 is 0 Å². The number of nitrogens with one attached hydrogen (secondary N) is 2. The van der Waals surface area contributed by atoms with Gasteiger partial charge >= 0.3 is 0 Å². The van der Waals surface area contributed by atoms with E-state index in [0.29, 0.717) is 17.6 Å². The van der Waals surface area contributed by atoms with E-state index in [0.717, 1.165) is 24.2 Å². The standard InChI is InChI=1S/C17H22N6O2/c1-10-12(11(2)22(3)21-10)6-5-7-18-17(25)14-8-19-16-13(15(14)24)9-20-23(16)4/h8-9H,5-7H2,1-4H3,(H,18,25)(H,19,24). The van der Waals surface area contributed by atoms with Gasteiger partial charge in [0.2, 0.25) is 5.43 Å². The summed E-state index contributed by atoms with van der Waals surface area (Å²) in [6.07, 6.45) is 4.53. The van der Waals surface area contributed by atoms with Gasteiger partial charge in [0.05, 0.1) is 17.3 Å². The van der Waals surface area contributed by atoms with E-state index in [-0.39, 0.29) is 16.9 Å². The molecule has 0 aliphatic carbocycles. The fraction of sp³-hybridized carbons (Fsp3) is 0.412. The van der Waals surface area contributed by atoms with Crippen molar-refractivity contribution >= 4 is 16.9 Å². The zero-order chi connectivity index (χ0) is 18.1. The summed E-state index contributed by atoms with van der Waals surface area (Å²) in [5.74, 6) is -0.369. The number of rotatable bonds is 5. The number of H-pyrrole nitrogens is 1. The molecule has 0 aromatic carbocycles. The van der Waals surface area contributed by atoms with Gasteiger partial charge < -0.3 is 10.3 Å². The Hall–Kier alpha value is -2.90. The lowest BCUT2D eigenvalue weighted by atomic mass is 10.1. The molecule has 3 aromatic rings.